The topological polar surface area (TPSA) is 50.7 Å². The summed E-state index contributed by atoms with van der Waals surface area (Å²) in [5.41, 5.74) is -0.527. The summed E-state index contributed by atoms with van der Waals surface area (Å²) >= 11 is 0. The van der Waals surface area contributed by atoms with Crippen LogP contribution in [0.1, 0.15) is 5.82 Å². The normalized spacial score (nSPS) is 9.46. The smallest absolute Gasteiger partial charge is 0.252 e. The number of nitrogens with one attached hydrogen (secondary N) is 1. The minimum Gasteiger partial charge on any atom is -0.338 e. The fraction of sp³-hybridized carbons (Fsp3) is 0.250. The summed E-state index contributed by atoms with van der Waals surface area (Å²) in [5, 5.41) is 0. The molecule has 0 aliphatic rings. The van der Waals surface area contributed by atoms with Gasteiger partial charge in [-0.3, -0.25) is 4.79 Å². The van der Waals surface area contributed by atoms with Crippen LogP contribution in [0.5, 0.6) is 0 Å². The molecule has 1 N–H and O–H groups in total. The Morgan fingerprint density at radius 1 is 1.62 bits per heavy atom. The van der Waals surface area contributed by atoms with E-state index in [4.69, 9.17) is 0 Å². The van der Waals surface area contributed by atoms with Crippen molar-refractivity contribution >= 4 is 0 Å². The summed E-state index contributed by atoms with van der Waals surface area (Å²) in [5.74, 6) is -0.327. The molecule has 0 aliphatic heterocycles. The highest BCUT2D eigenvalue weighted by atomic mass is 19.1. The highest BCUT2D eigenvalue weighted by Crippen LogP contribution is 1.87. The van der Waals surface area contributed by atoms with Crippen LogP contribution in [0.15, 0.2) is 23.3 Å². The summed E-state index contributed by atoms with van der Waals surface area (Å²) in [6.07, 6.45) is 3.01. The molecular weight excluding hydrogens is 173 g/mol. The SMILES string of the molecule is Cc1nc(F)cc(=O)[nH]ccn1C. The molecule has 0 atom stereocenters. The van der Waals surface area contributed by atoms with Crippen molar-refractivity contribution in [2.45, 2.75) is 6.92 Å². The molecule has 1 aromatic heterocycles. The second kappa shape index (κ2) is 3.84. The zero-order valence-electron chi connectivity index (χ0n) is 7.41. The Kier molecular flexibility index (Phi) is 2.79. The molecule has 0 radical (unpaired) electrons. The molecule has 0 aliphatic carbocycles. The van der Waals surface area contributed by atoms with E-state index in [9.17, 15) is 9.18 Å². The van der Waals surface area contributed by atoms with Crippen LogP contribution in [-0.2, 0) is 7.05 Å². The minimum absolute atomic E-state index is 0.474. The van der Waals surface area contributed by atoms with Crippen molar-refractivity contribution < 1.29 is 4.39 Å². The van der Waals surface area contributed by atoms with E-state index in [2.05, 4.69) is 9.97 Å². The van der Waals surface area contributed by atoms with E-state index in [-0.39, 0.29) is 0 Å². The number of hydrogen-bond acceptors (Lipinski definition) is 2. The lowest BCUT2D eigenvalue weighted by Gasteiger charge is -1.95. The number of hydrogen-bond donors (Lipinski definition) is 1. The quantitative estimate of drug-likeness (QED) is 0.643. The molecule has 0 fully saturated rings. The molecule has 0 aromatic carbocycles. The van der Waals surface area contributed by atoms with Gasteiger partial charge in [-0.25, -0.2) is 4.98 Å². The lowest BCUT2D eigenvalue weighted by Crippen LogP contribution is -2.00. The van der Waals surface area contributed by atoms with Crippen LogP contribution in [0, 0.1) is 12.9 Å². The highest BCUT2D eigenvalue weighted by molar-refractivity contribution is 4.87. The zero-order chi connectivity index (χ0) is 9.84. The van der Waals surface area contributed by atoms with Crippen LogP contribution < -0.4 is 5.56 Å². The summed E-state index contributed by atoms with van der Waals surface area (Å²) in [6.45, 7) is 1.65. The molecule has 5 heteroatoms. The number of aromatic nitrogens is 3. The fourth-order valence-corrected chi connectivity index (χ4v) is 0.755. The maximum Gasteiger partial charge on any atom is 0.252 e. The fourth-order valence-electron chi connectivity index (χ4n) is 0.755. The first kappa shape index (κ1) is 9.44. The summed E-state index contributed by atoms with van der Waals surface area (Å²) in [4.78, 5) is 16.8. The van der Waals surface area contributed by atoms with Crippen molar-refractivity contribution in [1.82, 2.24) is 14.5 Å². The Bertz CT molecular complexity index is 406. The second-order valence-corrected chi connectivity index (χ2v) is 2.56. The van der Waals surface area contributed by atoms with Gasteiger partial charge in [-0.15, -0.1) is 0 Å². The van der Waals surface area contributed by atoms with E-state index in [0.29, 0.717) is 5.82 Å². The third kappa shape index (κ3) is 2.70. The number of aryl methyl sites for hydroxylation is 2. The number of halogens is 1. The molecule has 0 spiro atoms. The molecule has 0 unspecified atom stereocenters. The Hall–Kier alpha value is -1.65. The number of rotatable bonds is 0. The third-order valence-corrected chi connectivity index (χ3v) is 1.55. The van der Waals surface area contributed by atoms with Gasteiger partial charge in [0.25, 0.3) is 5.56 Å². The molecule has 13 heavy (non-hydrogen) atoms. The van der Waals surface area contributed by atoms with Crippen molar-refractivity contribution in [3.63, 3.8) is 0 Å². The van der Waals surface area contributed by atoms with E-state index in [0.717, 1.165) is 6.07 Å². The number of nitrogens with zero attached hydrogens (tertiary/aromatic N) is 2. The summed E-state index contributed by atoms with van der Waals surface area (Å²) < 4.78 is 14.4. The first-order chi connectivity index (χ1) is 6.09. The van der Waals surface area contributed by atoms with Gasteiger partial charge in [0.2, 0.25) is 5.95 Å². The molecule has 4 nitrogen and oxygen atoms in total. The van der Waals surface area contributed by atoms with Gasteiger partial charge in [0, 0.05) is 19.4 Å². The van der Waals surface area contributed by atoms with Crippen LogP contribution in [0.3, 0.4) is 0 Å². The molecular formula is C8H10FN3O. The average Bonchev–Trinajstić information content (AvgIpc) is 2.06. The maximum absolute atomic E-state index is 12.8. The molecule has 70 valence electrons. The van der Waals surface area contributed by atoms with Crippen LogP contribution >= 0.6 is 0 Å². The molecule has 0 bridgehead atoms. The van der Waals surface area contributed by atoms with Crippen LogP contribution in [-0.4, -0.2) is 14.5 Å². The van der Waals surface area contributed by atoms with E-state index in [1.807, 2.05) is 0 Å². The molecule has 0 saturated carbocycles. The Morgan fingerprint density at radius 3 is 3.00 bits per heavy atom. The summed E-state index contributed by atoms with van der Waals surface area (Å²) in [7, 11) is 1.71. The van der Waals surface area contributed by atoms with Crippen LogP contribution in [0.25, 0.3) is 0 Å². The largest absolute Gasteiger partial charge is 0.338 e. The van der Waals surface area contributed by atoms with Gasteiger partial charge in [0.1, 0.15) is 5.82 Å². The molecule has 0 amide bonds. The number of aromatic amines is 1. The van der Waals surface area contributed by atoms with Crippen molar-refractivity contribution in [3.05, 3.63) is 40.6 Å². The monoisotopic (exact) mass is 183 g/mol. The van der Waals surface area contributed by atoms with Gasteiger partial charge in [0.15, 0.2) is 0 Å². The second-order valence-electron chi connectivity index (χ2n) is 2.56. The molecule has 1 rings (SSSR count). The van der Waals surface area contributed by atoms with Crippen molar-refractivity contribution in [2.75, 3.05) is 0 Å². The van der Waals surface area contributed by atoms with Crippen molar-refractivity contribution in [1.29, 1.82) is 0 Å². The Labute approximate surface area is 74.4 Å². The van der Waals surface area contributed by atoms with Crippen LogP contribution in [0.4, 0.5) is 4.39 Å². The van der Waals surface area contributed by atoms with E-state index >= 15 is 0 Å². The van der Waals surface area contributed by atoms with Gasteiger partial charge in [-0.1, -0.05) is 0 Å². The first-order valence-corrected chi connectivity index (χ1v) is 3.72. The number of H-pyrrole nitrogens is 1. The van der Waals surface area contributed by atoms with E-state index in [1.54, 1.807) is 24.7 Å². The zero-order valence-corrected chi connectivity index (χ0v) is 7.41. The van der Waals surface area contributed by atoms with E-state index in [1.165, 1.54) is 6.20 Å². The van der Waals surface area contributed by atoms with Crippen molar-refractivity contribution in [3.8, 4) is 0 Å². The van der Waals surface area contributed by atoms with Gasteiger partial charge < -0.3 is 9.55 Å². The lowest BCUT2D eigenvalue weighted by molar-refractivity contribution is 0.573. The average molecular weight is 183 g/mol. The minimum atomic E-state index is -0.800. The van der Waals surface area contributed by atoms with E-state index < -0.39 is 11.5 Å². The van der Waals surface area contributed by atoms with Gasteiger partial charge in [-0.05, 0) is 6.92 Å². The predicted molar refractivity (Wildman–Crippen MR) is 46.2 cm³/mol. The highest BCUT2D eigenvalue weighted by Gasteiger charge is 1.90. The third-order valence-electron chi connectivity index (χ3n) is 1.55. The first-order valence-electron chi connectivity index (χ1n) is 3.72. The maximum atomic E-state index is 12.8. The lowest BCUT2D eigenvalue weighted by atomic mass is 10.6. The Balaban J connectivity index is 3.56. The standard InChI is InChI=1S/C8H10FN3O/c1-6-11-7(9)5-8(13)10-3-4-12(6)2/h3-5H,1-2H3,(H,10,13). The van der Waals surface area contributed by atoms with Gasteiger partial charge >= 0.3 is 0 Å². The summed E-state index contributed by atoms with van der Waals surface area (Å²) in [6, 6.07) is 0.799. The molecule has 1 heterocycles. The molecule has 0 saturated heterocycles. The Morgan fingerprint density at radius 2 is 2.31 bits per heavy atom. The van der Waals surface area contributed by atoms with Gasteiger partial charge in [-0.2, -0.15) is 4.39 Å². The molecule has 1 aromatic rings. The predicted octanol–water partition coefficient (Wildman–Crippen LogP) is 0.680. The van der Waals surface area contributed by atoms with Gasteiger partial charge in [0.05, 0.1) is 6.07 Å². The van der Waals surface area contributed by atoms with Crippen LogP contribution in [0.2, 0.25) is 0 Å². The van der Waals surface area contributed by atoms with Crippen molar-refractivity contribution in [2.24, 2.45) is 7.05 Å².